The molecule has 0 aromatic rings. The highest BCUT2D eigenvalue weighted by Gasteiger charge is 2.34. The first-order valence-corrected chi connectivity index (χ1v) is 6.17. The molecule has 0 saturated carbocycles. The van der Waals surface area contributed by atoms with Crippen LogP contribution in [0.1, 0.15) is 27.2 Å². The summed E-state index contributed by atoms with van der Waals surface area (Å²) >= 11 is 0. The minimum absolute atomic E-state index is 0.0371. The minimum atomic E-state index is 0.0371. The third-order valence-corrected chi connectivity index (χ3v) is 3.71. The fourth-order valence-corrected chi connectivity index (χ4v) is 2.80. The summed E-state index contributed by atoms with van der Waals surface area (Å²) in [5, 5.41) is 3.51. The molecular weight excluding hydrogens is 188 g/mol. The van der Waals surface area contributed by atoms with Crippen LogP contribution in [0.3, 0.4) is 0 Å². The molecule has 0 amide bonds. The van der Waals surface area contributed by atoms with E-state index < -0.39 is 0 Å². The summed E-state index contributed by atoms with van der Waals surface area (Å²) in [5.41, 5.74) is 0.0371. The Bertz CT molecular complexity index is 218. The standard InChI is InChI=1S/C12H24N2O/c1-10-4-5-13-8-11(10)14-6-7-15-12(2,3)9-14/h10-11,13H,4-9H2,1-3H3. The Labute approximate surface area is 93.2 Å². The summed E-state index contributed by atoms with van der Waals surface area (Å²) in [5.74, 6) is 0.820. The van der Waals surface area contributed by atoms with Crippen molar-refractivity contribution in [1.82, 2.24) is 10.2 Å². The lowest BCUT2D eigenvalue weighted by atomic mass is 9.92. The van der Waals surface area contributed by atoms with E-state index in [4.69, 9.17) is 4.74 Å². The van der Waals surface area contributed by atoms with E-state index in [-0.39, 0.29) is 5.60 Å². The van der Waals surface area contributed by atoms with E-state index in [1.807, 2.05) is 0 Å². The zero-order chi connectivity index (χ0) is 10.9. The maximum Gasteiger partial charge on any atom is 0.0753 e. The van der Waals surface area contributed by atoms with Crippen LogP contribution in [0.5, 0.6) is 0 Å². The quantitative estimate of drug-likeness (QED) is 0.704. The van der Waals surface area contributed by atoms with E-state index in [2.05, 4.69) is 31.0 Å². The second kappa shape index (κ2) is 4.40. The molecule has 2 heterocycles. The number of piperidine rings is 1. The van der Waals surface area contributed by atoms with Crippen LogP contribution in [-0.4, -0.2) is 49.3 Å². The lowest BCUT2D eigenvalue weighted by Gasteiger charge is -2.45. The lowest BCUT2D eigenvalue weighted by molar-refractivity contribution is -0.104. The van der Waals surface area contributed by atoms with Crippen molar-refractivity contribution in [2.45, 2.75) is 38.8 Å². The second-order valence-electron chi connectivity index (χ2n) is 5.62. The van der Waals surface area contributed by atoms with E-state index in [1.165, 1.54) is 13.0 Å². The van der Waals surface area contributed by atoms with E-state index in [9.17, 15) is 0 Å². The summed E-state index contributed by atoms with van der Waals surface area (Å²) in [6, 6.07) is 0.710. The molecule has 0 aromatic carbocycles. The monoisotopic (exact) mass is 212 g/mol. The fraction of sp³-hybridized carbons (Fsp3) is 1.00. The Hall–Kier alpha value is -0.120. The molecule has 88 valence electrons. The zero-order valence-corrected chi connectivity index (χ0v) is 10.3. The van der Waals surface area contributed by atoms with Crippen LogP contribution >= 0.6 is 0 Å². The van der Waals surface area contributed by atoms with E-state index in [0.29, 0.717) is 6.04 Å². The molecule has 3 nitrogen and oxygen atoms in total. The zero-order valence-electron chi connectivity index (χ0n) is 10.3. The molecule has 2 rings (SSSR count). The molecule has 0 aliphatic carbocycles. The molecule has 0 bridgehead atoms. The molecule has 0 radical (unpaired) electrons. The van der Waals surface area contributed by atoms with Crippen molar-refractivity contribution in [2.75, 3.05) is 32.8 Å². The first kappa shape index (κ1) is 11.4. The summed E-state index contributed by atoms with van der Waals surface area (Å²) < 4.78 is 5.76. The van der Waals surface area contributed by atoms with Crippen LogP contribution in [0.15, 0.2) is 0 Å². The number of hydrogen-bond donors (Lipinski definition) is 1. The number of rotatable bonds is 1. The number of ether oxygens (including phenoxy) is 1. The second-order valence-corrected chi connectivity index (χ2v) is 5.62. The van der Waals surface area contributed by atoms with E-state index in [0.717, 1.165) is 32.2 Å². The first-order chi connectivity index (χ1) is 7.08. The van der Waals surface area contributed by atoms with Gasteiger partial charge in [0.15, 0.2) is 0 Å². The molecule has 2 saturated heterocycles. The first-order valence-electron chi connectivity index (χ1n) is 6.17. The van der Waals surface area contributed by atoms with Crippen molar-refractivity contribution >= 4 is 0 Å². The summed E-state index contributed by atoms with van der Waals surface area (Å²) in [4.78, 5) is 2.61. The normalized spacial score (nSPS) is 37.8. The highest BCUT2D eigenvalue weighted by atomic mass is 16.5. The summed E-state index contributed by atoms with van der Waals surface area (Å²) in [6.07, 6.45) is 1.31. The maximum absolute atomic E-state index is 5.76. The van der Waals surface area contributed by atoms with E-state index in [1.54, 1.807) is 0 Å². The Morgan fingerprint density at radius 3 is 2.87 bits per heavy atom. The van der Waals surface area contributed by atoms with Gasteiger partial charge in [0, 0.05) is 25.7 Å². The molecule has 2 aliphatic heterocycles. The molecule has 2 atom stereocenters. The molecule has 2 aliphatic rings. The van der Waals surface area contributed by atoms with Crippen LogP contribution in [0.25, 0.3) is 0 Å². The number of nitrogens with one attached hydrogen (secondary N) is 1. The third-order valence-electron chi connectivity index (χ3n) is 3.71. The smallest absolute Gasteiger partial charge is 0.0753 e. The van der Waals surface area contributed by atoms with Gasteiger partial charge in [0.25, 0.3) is 0 Å². The number of nitrogens with zero attached hydrogens (tertiary/aromatic N) is 1. The number of hydrogen-bond acceptors (Lipinski definition) is 3. The predicted molar refractivity (Wildman–Crippen MR) is 62.0 cm³/mol. The van der Waals surface area contributed by atoms with Crippen LogP contribution in [0, 0.1) is 5.92 Å². The van der Waals surface area contributed by atoms with Crippen molar-refractivity contribution in [3.05, 3.63) is 0 Å². The SMILES string of the molecule is CC1CCNCC1N1CCOC(C)(C)C1. The average Bonchev–Trinajstić information content (AvgIpc) is 2.17. The van der Waals surface area contributed by atoms with Gasteiger partial charge in [-0.25, -0.2) is 0 Å². The van der Waals surface area contributed by atoms with Gasteiger partial charge in [-0.2, -0.15) is 0 Å². The molecule has 2 unspecified atom stereocenters. The Morgan fingerprint density at radius 2 is 2.20 bits per heavy atom. The molecule has 3 heteroatoms. The van der Waals surface area contributed by atoms with Crippen LogP contribution in [-0.2, 0) is 4.74 Å². The van der Waals surface area contributed by atoms with Crippen LogP contribution in [0.2, 0.25) is 0 Å². The molecule has 0 aromatic heterocycles. The third kappa shape index (κ3) is 2.71. The molecule has 0 spiro atoms. The van der Waals surface area contributed by atoms with Gasteiger partial charge in [-0.15, -0.1) is 0 Å². The Morgan fingerprint density at radius 1 is 1.40 bits per heavy atom. The largest absolute Gasteiger partial charge is 0.373 e. The summed E-state index contributed by atoms with van der Waals surface area (Å²) in [6.45, 7) is 12.2. The highest BCUT2D eigenvalue weighted by Crippen LogP contribution is 2.23. The van der Waals surface area contributed by atoms with Gasteiger partial charge in [0.2, 0.25) is 0 Å². The Balaban J connectivity index is 1.96. The van der Waals surface area contributed by atoms with Gasteiger partial charge < -0.3 is 10.1 Å². The lowest BCUT2D eigenvalue weighted by Crippen LogP contribution is -2.58. The topological polar surface area (TPSA) is 24.5 Å². The van der Waals surface area contributed by atoms with Gasteiger partial charge in [-0.3, -0.25) is 4.90 Å². The van der Waals surface area contributed by atoms with Crippen LogP contribution in [0.4, 0.5) is 0 Å². The number of morpholine rings is 1. The average molecular weight is 212 g/mol. The summed E-state index contributed by atoms with van der Waals surface area (Å²) in [7, 11) is 0. The van der Waals surface area contributed by atoms with Crippen molar-refractivity contribution in [1.29, 1.82) is 0 Å². The molecular formula is C12H24N2O. The van der Waals surface area contributed by atoms with Gasteiger partial charge in [-0.1, -0.05) is 6.92 Å². The van der Waals surface area contributed by atoms with Crippen molar-refractivity contribution in [2.24, 2.45) is 5.92 Å². The molecule has 15 heavy (non-hydrogen) atoms. The van der Waals surface area contributed by atoms with Gasteiger partial charge in [-0.05, 0) is 32.7 Å². The van der Waals surface area contributed by atoms with Gasteiger partial charge in [0.05, 0.1) is 12.2 Å². The minimum Gasteiger partial charge on any atom is -0.373 e. The van der Waals surface area contributed by atoms with Gasteiger partial charge in [0.1, 0.15) is 0 Å². The van der Waals surface area contributed by atoms with Crippen molar-refractivity contribution in [3.8, 4) is 0 Å². The van der Waals surface area contributed by atoms with Crippen molar-refractivity contribution in [3.63, 3.8) is 0 Å². The predicted octanol–water partition coefficient (Wildman–Crippen LogP) is 1.10. The Kier molecular flexibility index (Phi) is 3.33. The van der Waals surface area contributed by atoms with Gasteiger partial charge >= 0.3 is 0 Å². The molecule has 2 fully saturated rings. The maximum atomic E-state index is 5.76. The highest BCUT2D eigenvalue weighted by molar-refractivity contribution is 4.89. The van der Waals surface area contributed by atoms with E-state index >= 15 is 0 Å². The fourth-order valence-electron chi connectivity index (χ4n) is 2.80. The van der Waals surface area contributed by atoms with Crippen LogP contribution < -0.4 is 5.32 Å². The molecule has 1 N–H and O–H groups in total. The van der Waals surface area contributed by atoms with Crippen molar-refractivity contribution < 1.29 is 4.74 Å².